The van der Waals surface area contributed by atoms with Crippen LogP contribution in [0, 0.1) is 5.92 Å². The fraction of sp³-hybridized carbons (Fsp3) is 0.579. The van der Waals surface area contributed by atoms with E-state index in [9.17, 15) is 4.79 Å². The van der Waals surface area contributed by atoms with Crippen LogP contribution in [0.4, 0.5) is 0 Å². The minimum atomic E-state index is 0.179. The number of aromatic nitrogens is 2. The molecule has 0 bridgehead atoms. The van der Waals surface area contributed by atoms with Gasteiger partial charge in [-0.3, -0.25) is 9.69 Å². The molecule has 5 nitrogen and oxygen atoms in total. The number of piperidine rings is 1. The van der Waals surface area contributed by atoms with Crippen LogP contribution in [0.5, 0.6) is 0 Å². The van der Waals surface area contributed by atoms with Crippen LogP contribution in [0.1, 0.15) is 38.9 Å². The van der Waals surface area contributed by atoms with Gasteiger partial charge in [0.1, 0.15) is 5.82 Å². The molecule has 2 aromatic rings. The zero-order valence-electron chi connectivity index (χ0n) is 14.8. The van der Waals surface area contributed by atoms with Gasteiger partial charge in [-0.25, -0.2) is 4.98 Å². The second-order valence-corrected chi connectivity index (χ2v) is 6.60. The van der Waals surface area contributed by atoms with Crippen LogP contribution in [0.15, 0.2) is 24.3 Å². The Morgan fingerprint density at radius 2 is 2.00 bits per heavy atom. The third kappa shape index (κ3) is 3.61. The third-order valence-electron chi connectivity index (χ3n) is 4.92. The number of amides is 1. The Balaban J connectivity index is 1.61. The predicted molar refractivity (Wildman–Crippen MR) is 96.7 cm³/mol. The molecule has 1 saturated heterocycles. The van der Waals surface area contributed by atoms with Gasteiger partial charge < -0.3 is 9.88 Å². The summed E-state index contributed by atoms with van der Waals surface area (Å²) in [7, 11) is 0. The summed E-state index contributed by atoms with van der Waals surface area (Å²) in [6, 6.07) is 8.33. The predicted octanol–water partition coefficient (Wildman–Crippen LogP) is 2.79. The normalized spacial score (nSPS) is 16.6. The van der Waals surface area contributed by atoms with Crippen LogP contribution in [0.25, 0.3) is 11.0 Å². The molecule has 1 aliphatic heterocycles. The number of fused-ring (bicyclic) bond motifs is 1. The molecule has 24 heavy (non-hydrogen) atoms. The van der Waals surface area contributed by atoms with Gasteiger partial charge in [0.2, 0.25) is 5.91 Å². The standard InChI is InChI=1S/C19H28N4O/c1-3-11-20-19(24)15-9-12-22(13-10-15)14-18-21-16-7-5-6-8-17(16)23(18)4-2/h5-8,15H,3-4,9-14H2,1-2H3,(H,20,24). The first-order chi connectivity index (χ1) is 11.7. The highest BCUT2D eigenvalue weighted by atomic mass is 16.1. The molecular weight excluding hydrogens is 300 g/mol. The lowest BCUT2D eigenvalue weighted by atomic mass is 9.96. The van der Waals surface area contributed by atoms with Gasteiger partial charge in [0.05, 0.1) is 17.6 Å². The number of para-hydroxylation sites is 2. The highest BCUT2D eigenvalue weighted by Gasteiger charge is 2.25. The number of carbonyl (C=O) groups excluding carboxylic acids is 1. The van der Waals surface area contributed by atoms with Crippen molar-refractivity contribution in [1.29, 1.82) is 0 Å². The van der Waals surface area contributed by atoms with Crippen molar-refractivity contribution in [2.45, 2.75) is 46.2 Å². The first kappa shape index (κ1) is 17.0. The van der Waals surface area contributed by atoms with Crippen molar-refractivity contribution in [3.63, 3.8) is 0 Å². The van der Waals surface area contributed by atoms with Gasteiger partial charge in [-0.1, -0.05) is 19.1 Å². The summed E-state index contributed by atoms with van der Waals surface area (Å²) in [5.74, 6) is 1.54. The SMILES string of the molecule is CCCNC(=O)C1CCN(Cc2nc3ccccc3n2CC)CC1. The number of imidazole rings is 1. The van der Waals surface area contributed by atoms with Gasteiger partial charge in [-0.2, -0.15) is 0 Å². The minimum absolute atomic E-state index is 0.179. The molecule has 0 atom stereocenters. The van der Waals surface area contributed by atoms with Crippen molar-refractivity contribution < 1.29 is 4.79 Å². The second kappa shape index (κ2) is 7.79. The Morgan fingerprint density at radius 1 is 1.25 bits per heavy atom. The van der Waals surface area contributed by atoms with Gasteiger partial charge in [0.15, 0.2) is 0 Å². The summed E-state index contributed by atoms with van der Waals surface area (Å²) in [6.07, 6.45) is 2.89. The quantitative estimate of drug-likeness (QED) is 0.887. The largest absolute Gasteiger partial charge is 0.356 e. The van der Waals surface area contributed by atoms with Gasteiger partial charge >= 0.3 is 0 Å². The molecule has 0 radical (unpaired) electrons. The van der Waals surface area contributed by atoms with Crippen molar-refractivity contribution in [2.24, 2.45) is 5.92 Å². The molecule has 130 valence electrons. The molecular formula is C19H28N4O. The molecule has 0 aliphatic carbocycles. The molecule has 2 heterocycles. The molecule has 1 aliphatic rings. The topological polar surface area (TPSA) is 50.2 Å². The lowest BCUT2D eigenvalue weighted by Gasteiger charge is -2.31. The lowest BCUT2D eigenvalue weighted by Crippen LogP contribution is -2.40. The molecule has 3 rings (SSSR count). The Labute approximate surface area is 144 Å². The lowest BCUT2D eigenvalue weighted by molar-refractivity contribution is -0.126. The van der Waals surface area contributed by atoms with Crippen LogP contribution in [-0.2, 0) is 17.9 Å². The number of aryl methyl sites for hydroxylation is 1. The zero-order valence-corrected chi connectivity index (χ0v) is 14.8. The van der Waals surface area contributed by atoms with Crippen molar-refractivity contribution in [2.75, 3.05) is 19.6 Å². The van der Waals surface area contributed by atoms with Crippen molar-refractivity contribution in [3.8, 4) is 0 Å². The fourth-order valence-electron chi connectivity index (χ4n) is 3.54. The van der Waals surface area contributed by atoms with E-state index in [2.05, 4.69) is 46.8 Å². The number of carbonyl (C=O) groups is 1. The smallest absolute Gasteiger partial charge is 0.223 e. The summed E-state index contributed by atoms with van der Waals surface area (Å²) in [5, 5.41) is 3.03. The van der Waals surface area contributed by atoms with Gasteiger partial charge in [0.25, 0.3) is 0 Å². The highest BCUT2D eigenvalue weighted by molar-refractivity contribution is 5.78. The van der Waals surface area contributed by atoms with Crippen LogP contribution in [0.2, 0.25) is 0 Å². The molecule has 1 N–H and O–H groups in total. The van der Waals surface area contributed by atoms with Crippen LogP contribution >= 0.6 is 0 Å². The number of nitrogens with zero attached hydrogens (tertiary/aromatic N) is 3. The van der Waals surface area contributed by atoms with Crippen molar-refractivity contribution in [1.82, 2.24) is 19.8 Å². The third-order valence-corrected chi connectivity index (χ3v) is 4.92. The van der Waals surface area contributed by atoms with E-state index >= 15 is 0 Å². The van der Waals surface area contributed by atoms with E-state index in [1.165, 1.54) is 5.52 Å². The number of hydrogen-bond donors (Lipinski definition) is 1. The molecule has 1 aromatic heterocycles. The van der Waals surface area contributed by atoms with Crippen molar-refractivity contribution >= 4 is 16.9 Å². The zero-order chi connectivity index (χ0) is 16.9. The Kier molecular flexibility index (Phi) is 5.51. The van der Waals surface area contributed by atoms with Crippen LogP contribution in [-0.4, -0.2) is 40.0 Å². The van der Waals surface area contributed by atoms with Gasteiger partial charge in [-0.05, 0) is 51.4 Å². The summed E-state index contributed by atoms with van der Waals surface area (Å²) < 4.78 is 2.30. The average molecular weight is 328 g/mol. The first-order valence-corrected chi connectivity index (χ1v) is 9.17. The summed E-state index contributed by atoms with van der Waals surface area (Å²) in [5.41, 5.74) is 2.28. The van der Waals surface area contributed by atoms with Gasteiger partial charge in [-0.15, -0.1) is 0 Å². The van der Waals surface area contributed by atoms with Gasteiger partial charge in [0, 0.05) is 19.0 Å². The summed E-state index contributed by atoms with van der Waals surface area (Å²) >= 11 is 0. The fourth-order valence-corrected chi connectivity index (χ4v) is 3.54. The Hall–Kier alpha value is -1.88. The van der Waals surface area contributed by atoms with E-state index in [4.69, 9.17) is 4.98 Å². The maximum Gasteiger partial charge on any atom is 0.223 e. The number of likely N-dealkylation sites (tertiary alicyclic amines) is 1. The molecule has 1 fully saturated rings. The summed E-state index contributed by atoms with van der Waals surface area (Å²) in [4.78, 5) is 19.3. The molecule has 0 spiro atoms. The van der Waals surface area contributed by atoms with E-state index in [1.807, 2.05) is 6.07 Å². The van der Waals surface area contributed by atoms with E-state index in [1.54, 1.807) is 0 Å². The molecule has 5 heteroatoms. The van der Waals surface area contributed by atoms with E-state index < -0.39 is 0 Å². The number of benzene rings is 1. The minimum Gasteiger partial charge on any atom is -0.356 e. The van der Waals surface area contributed by atoms with Crippen LogP contribution in [0.3, 0.4) is 0 Å². The van der Waals surface area contributed by atoms with E-state index in [0.717, 1.165) is 63.3 Å². The highest BCUT2D eigenvalue weighted by Crippen LogP contribution is 2.21. The van der Waals surface area contributed by atoms with Crippen molar-refractivity contribution in [3.05, 3.63) is 30.1 Å². The summed E-state index contributed by atoms with van der Waals surface area (Å²) in [6.45, 7) is 8.79. The van der Waals surface area contributed by atoms with E-state index in [-0.39, 0.29) is 11.8 Å². The maximum atomic E-state index is 12.1. The number of rotatable bonds is 6. The maximum absolute atomic E-state index is 12.1. The monoisotopic (exact) mass is 328 g/mol. The number of nitrogens with one attached hydrogen (secondary N) is 1. The first-order valence-electron chi connectivity index (χ1n) is 9.17. The van der Waals surface area contributed by atoms with Crippen LogP contribution < -0.4 is 5.32 Å². The second-order valence-electron chi connectivity index (χ2n) is 6.60. The molecule has 0 unspecified atom stereocenters. The molecule has 1 amide bonds. The Bertz CT molecular complexity index is 686. The molecule has 0 saturated carbocycles. The number of hydrogen-bond acceptors (Lipinski definition) is 3. The Morgan fingerprint density at radius 3 is 2.71 bits per heavy atom. The average Bonchev–Trinajstić information content (AvgIpc) is 2.97. The van der Waals surface area contributed by atoms with E-state index in [0.29, 0.717) is 0 Å². The molecule has 1 aromatic carbocycles.